The van der Waals surface area contributed by atoms with Gasteiger partial charge in [0.05, 0.1) is 42.2 Å². The molecular weight excluding hydrogens is 537 g/mol. The summed E-state index contributed by atoms with van der Waals surface area (Å²) in [6, 6.07) is 0.505. The molecule has 0 aliphatic heterocycles. The lowest BCUT2D eigenvalue weighted by Gasteiger charge is -2.33. The molecule has 2 amide bonds. The van der Waals surface area contributed by atoms with Gasteiger partial charge in [-0.2, -0.15) is 18.3 Å². The van der Waals surface area contributed by atoms with Crippen LogP contribution in [-0.4, -0.2) is 48.5 Å². The van der Waals surface area contributed by atoms with Crippen molar-refractivity contribution >= 4 is 17.5 Å². The number of imidazole rings is 1. The van der Waals surface area contributed by atoms with Crippen LogP contribution in [0.25, 0.3) is 5.65 Å². The van der Waals surface area contributed by atoms with Crippen LogP contribution in [0.1, 0.15) is 85.1 Å². The second kappa shape index (κ2) is 11.0. The summed E-state index contributed by atoms with van der Waals surface area (Å²) in [7, 11) is 0. The topological polar surface area (TPSA) is 114 Å². The summed E-state index contributed by atoms with van der Waals surface area (Å²) in [5.41, 5.74) is 1.64. The summed E-state index contributed by atoms with van der Waals surface area (Å²) in [4.78, 5) is 37.6. The van der Waals surface area contributed by atoms with E-state index >= 15 is 0 Å². The van der Waals surface area contributed by atoms with E-state index in [4.69, 9.17) is 0 Å². The summed E-state index contributed by atoms with van der Waals surface area (Å²) < 4.78 is 67.0. The van der Waals surface area contributed by atoms with Crippen molar-refractivity contribution in [3.05, 3.63) is 54.0 Å². The van der Waals surface area contributed by atoms with E-state index in [0.29, 0.717) is 16.9 Å². The van der Waals surface area contributed by atoms with Crippen LogP contribution in [0.15, 0.2) is 37.2 Å². The Morgan fingerprint density at radius 2 is 1.68 bits per heavy atom. The van der Waals surface area contributed by atoms with Gasteiger partial charge in [0.15, 0.2) is 5.65 Å². The molecule has 2 saturated carbocycles. The third-order valence-electron chi connectivity index (χ3n) is 7.43. The quantitative estimate of drug-likeness (QED) is 0.363. The Kier molecular flexibility index (Phi) is 7.69. The number of alkyl halides is 5. The zero-order chi connectivity index (χ0) is 28.5. The van der Waals surface area contributed by atoms with Crippen molar-refractivity contribution in [1.82, 2.24) is 35.2 Å². The second-order valence-corrected chi connectivity index (χ2v) is 10.5. The van der Waals surface area contributed by atoms with E-state index in [0.717, 1.165) is 12.8 Å². The average Bonchev–Trinajstić information content (AvgIpc) is 3.67. The maximum atomic E-state index is 13.9. The first-order chi connectivity index (χ1) is 19.0. The van der Waals surface area contributed by atoms with Crippen LogP contribution in [0.3, 0.4) is 0 Å². The minimum Gasteiger partial charge on any atom is -0.349 e. The fourth-order valence-corrected chi connectivity index (χ4v) is 5.10. The van der Waals surface area contributed by atoms with E-state index in [2.05, 4.69) is 30.7 Å². The maximum Gasteiger partial charge on any atom is 0.389 e. The molecule has 2 atom stereocenters. The first kappa shape index (κ1) is 27.8. The van der Waals surface area contributed by atoms with E-state index in [1.807, 2.05) is 0 Å². The van der Waals surface area contributed by atoms with Crippen LogP contribution in [0.2, 0.25) is 0 Å². The molecule has 14 heteroatoms. The number of carbonyl (C=O) groups excluding carboxylic acids is 2. The number of fused-ring (bicyclic) bond motifs is 1. The molecule has 2 aliphatic rings. The normalized spacial score (nSPS) is 19.2. The van der Waals surface area contributed by atoms with Gasteiger partial charge < -0.3 is 10.6 Å². The minimum atomic E-state index is -4.42. The minimum absolute atomic E-state index is 0.0811. The third-order valence-corrected chi connectivity index (χ3v) is 7.43. The molecule has 2 aliphatic carbocycles. The number of halogens is 5. The van der Waals surface area contributed by atoms with Gasteiger partial charge in [-0.1, -0.05) is 0 Å². The number of rotatable bonds is 9. The smallest absolute Gasteiger partial charge is 0.349 e. The van der Waals surface area contributed by atoms with Gasteiger partial charge >= 0.3 is 6.18 Å². The monoisotopic (exact) mass is 565 g/mol. The maximum absolute atomic E-state index is 13.9. The molecule has 0 bridgehead atoms. The SMILES string of the molecule is O=C(CCC(F)(F)F)NC(c1cnn2cc([C@@H](NC(=O)c3cncnc3)C3CCC(F)(F)CC3)nc2c1)C1CC1. The van der Waals surface area contributed by atoms with Crippen LogP contribution in [-0.2, 0) is 4.79 Å². The van der Waals surface area contributed by atoms with Crippen LogP contribution in [0, 0.1) is 11.8 Å². The highest BCUT2D eigenvalue weighted by atomic mass is 19.4. The van der Waals surface area contributed by atoms with Crippen molar-refractivity contribution in [1.29, 1.82) is 0 Å². The van der Waals surface area contributed by atoms with Crippen LogP contribution >= 0.6 is 0 Å². The Morgan fingerprint density at radius 1 is 1.00 bits per heavy atom. The lowest BCUT2D eigenvalue weighted by molar-refractivity contribution is -0.144. The summed E-state index contributed by atoms with van der Waals surface area (Å²) in [6.07, 6.45) is 2.26. The predicted octanol–water partition coefficient (Wildman–Crippen LogP) is 4.73. The number of nitrogens with zero attached hydrogens (tertiary/aromatic N) is 5. The van der Waals surface area contributed by atoms with Crippen molar-refractivity contribution in [3.8, 4) is 0 Å². The van der Waals surface area contributed by atoms with E-state index in [1.54, 1.807) is 12.3 Å². The molecular formula is C26H28F5N7O2. The van der Waals surface area contributed by atoms with Crippen molar-refractivity contribution in [2.45, 2.75) is 75.5 Å². The van der Waals surface area contributed by atoms with E-state index in [9.17, 15) is 31.5 Å². The molecule has 0 radical (unpaired) electrons. The van der Waals surface area contributed by atoms with Gasteiger partial charge in [-0.25, -0.2) is 28.2 Å². The number of nitrogens with one attached hydrogen (secondary N) is 2. The van der Waals surface area contributed by atoms with Crippen LogP contribution in [0.5, 0.6) is 0 Å². The molecule has 40 heavy (non-hydrogen) atoms. The fourth-order valence-electron chi connectivity index (χ4n) is 5.10. The van der Waals surface area contributed by atoms with Crippen molar-refractivity contribution in [2.24, 2.45) is 11.8 Å². The molecule has 3 aromatic rings. The molecule has 214 valence electrons. The molecule has 1 unspecified atom stereocenters. The number of aromatic nitrogens is 5. The Hall–Kier alpha value is -3.71. The molecule has 5 rings (SSSR count). The summed E-state index contributed by atoms with van der Waals surface area (Å²) in [6.45, 7) is 0. The van der Waals surface area contributed by atoms with Crippen molar-refractivity contribution in [3.63, 3.8) is 0 Å². The third kappa shape index (κ3) is 6.89. The molecule has 3 heterocycles. The van der Waals surface area contributed by atoms with Gasteiger partial charge in [0.1, 0.15) is 6.33 Å². The zero-order valence-corrected chi connectivity index (χ0v) is 21.4. The van der Waals surface area contributed by atoms with Gasteiger partial charge in [-0.15, -0.1) is 0 Å². The molecule has 0 saturated heterocycles. The Labute approximate surface area is 226 Å². The highest BCUT2D eigenvalue weighted by Gasteiger charge is 2.40. The van der Waals surface area contributed by atoms with Crippen molar-refractivity contribution in [2.75, 3.05) is 0 Å². The first-order valence-electron chi connectivity index (χ1n) is 13.1. The van der Waals surface area contributed by atoms with Crippen molar-refractivity contribution < 1.29 is 31.5 Å². The summed E-state index contributed by atoms with van der Waals surface area (Å²) in [5.74, 6) is -4.14. The van der Waals surface area contributed by atoms with Gasteiger partial charge in [0.25, 0.3) is 5.91 Å². The highest BCUT2D eigenvalue weighted by Crippen LogP contribution is 2.43. The Balaban J connectivity index is 1.39. The highest BCUT2D eigenvalue weighted by molar-refractivity contribution is 5.93. The molecule has 0 aromatic carbocycles. The number of amides is 2. The number of carbonyl (C=O) groups is 2. The van der Waals surface area contributed by atoms with E-state index in [1.165, 1.54) is 29.4 Å². The standard InChI is InChI=1S/C26H28F5N7O2/c27-25(28)6-3-16(4-7-25)23(37-24(40)18-10-32-14-33-11-18)19-13-38-20(35-19)9-17(12-34-38)22(15-1-2-15)36-21(39)5-8-26(29,30)31/h9-16,22-23H,1-8H2,(H,36,39)(H,37,40)/t22?,23-/m0/s1. The molecule has 2 N–H and O–H groups in total. The molecule has 3 aromatic heterocycles. The first-order valence-corrected chi connectivity index (χ1v) is 13.1. The largest absolute Gasteiger partial charge is 0.389 e. The molecule has 0 spiro atoms. The van der Waals surface area contributed by atoms with Gasteiger partial charge in [-0.05, 0) is 49.1 Å². The predicted molar refractivity (Wildman–Crippen MR) is 131 cm³/mol. The van der Waals surface area contributed by atoms with E-state index < -0.39 is 48.8 Å². The summed E-state index contributed by atoms with van der Waals surface area (Å²) in [5, 5.41) is 10.0. The van der Waals surface area contributed by atoms with Gasteiger partial charge in [0, 0.05) is 31.7 Å². The van der Waals surface area contributed by atoms with E-state index in [-0.39, 0.29) is 43.1 Å². The Morgan fingerprint density at radius 3 is 2.33 bits per heavy atom. The fraction of sp³-hybridized carbons (Fsp3) is 0.538. The lowest BCUT2D eigenvalue weighted by Crippen LogP contribution is -2.37. The van der Waals surface area contributed by atoms with Gasteiger partial charge in [0.2, 0.25) is 11.8 Å². The zero-order valence-electron chi connectivity index (χ0n) is 21.4. The molecule has 9 nitrogen and oxygen atoms in total. The lowest BCUT2D eigenvalue weighted by atomic mass is 9.81. The average molecular weight is 566 g/mol. The second-order valence-electron chi connectivity index (χ2n) is 10.5. The number of hydrogen-bond donors (Lipinski definition) is 2. The van der Waals surface area contributed by atoms with Crippen LogP contribution < -0.4 is 10.6 Å². The van der Waals surface area contributed by atoms with Gasteiger partial charge in [-0.3, -0.25) is 9.59 Å². The molecule has 2 fully saturated rings. The number of hydrogen-bond acceptors (Lipinski definition) is 6. The Bertz CT molecular complexity index is 1350. The van der Waals surface area contributed by atoms with Crippen LogP contribution in [0.4, 0.5) is 22.0 Å². The summed E-state index contributed by atoms with van der Waals surface area (Å²) >= 11 is 0.